The molecule has 7 heteroatoms. The Morgan fingerprint density at radius 3 is 2.92 bits per heavy atom. The zero-order valence-corrected chi connectivity index (χ0v) is 13.6. The van der Waals surface area contributed by atoms with E-state index < -0.39 is 0 Å². The molecule has 2 aliphatic rings. The highest BCUT2D eigenvalue weighted by atomic mass is 16.5. The van der Waals surface area contributed by atoms with Crippen LogP contribution in [-0.2, 0) is 4.74 Å². The first kappa shape index (κ1) is 14.9. The molecule has 0 aliphatic carbocycles. The Morgan fingerprint density at radius 2 is 2.12 bits per heavy atom. The summed E-state index contributed by atoms with van der Waals surface area (Å²) < 4.78 is 5.74. The molecule has 2 aromatic heterocycles. The number of hydrogen-bond acceptors (Lipinski definition) is 6. The molecular weight excluding hydrogens is 306 g/mol. The molecule has 124 valence electrons. The summed E-state index contributed by atoms with van der Waals surface area (Å²) >= 11 is 0. The van der Waals surface area contributed by atoms with Gasteiger partial charge < -0.3 is 19.7 Å². The van der Waals surface area contributed by atoms with Crippen molar-refractivity contribution in [1.82, 2.24) is 15.0 Å². The number of rotatable bonds is 2. The topological polar surface area (TPSA) is 86.6 Å². The molecule has 0 bridgehead atoms. The number of nitrogens with zero attached hydrogens (tertiary/aromatic N) is 4. The summed E-state index contributed by atoms with van der Waals surface area (Å²) in [5.74, 6) is 1.33. The van der Waals surface area contributed by atoms with E-state index in [-0.39, 0.29) is 18.1 Å². The zero-order chi connectivity index (χ0) is 16.7. The van der Waals surface area contributed by atoms with E-state index in [0.29, 0.717) is 17.5 Å². The van der Waals surface area contributed by atoms with Gasteiger partial charge in [0.15, 0.2) is 5.82 Å². The second kappa shape index (κ2) is 5.76. The molecule has 0 radical (unpaired) electrons. The Kier molecular flexibility index (Phi) is 3.57. The molecular formula is C17H19N5O2. The number of aromatic amines is 1. The second-order valence-electron chi connectivity index (χ2n) is 6.19. The number of hydrogen-bond donors (Lipinski definition) is 2. The number of morpholine rings is 1. The van der Waals surface area contributed by atoms with Gasteiger partial charge in [0.2, 0.25) is 11.8 Å². The highest BCUT2D eigenvalue weighted by Crippen LogP contribution is 2.32. The minimum atomic E-state index is -0.0185. The van der Waals surface area contributed by atoms with Gasteiger partial charge in [-0.2, -0.15) is 4.98 Å². The van der Waals surface area contributed by atoms with Crippen LogP contribution in [0.5, 0.6) is 5.88 Å². The normalized spacial score (nSPS) is 24.6. The van der Waals surface area contributed by atoms with E-state index in [9.17, 15) is 5.11 Å². The van der Waals surface area contributed by atoms with E-state index in [4.69, 9.17) is 4.74 Å². The molecule has 2 unspecified atom stereocenters. The van der Waals surface area contributed by atoms with Gasteiger partial charge >= 0.3 is 0 Å². The van der Waals surface area contributed by atoms with Gasteiger partial charge in [-0.3, -0.25) is 0 Å². The summed E-state index contributed by atoms with van der Waals surface area (Å²) in [5, 5.41) is 10.2. The van der Waals surface area contributed by atoms with Crippen molar-refractivity contribution in [3.63, 3.8) is 0 Å². The maximum atomic E-state index is 10.2. The van der Waals surface area contributed by atoms with Gasteiger partial charge in [0.05, 0.1) is 12.2 Å². The van der Waals surface area contributed by atoms with E-state index in [1.165, 1.54) is 0 Å². The Balaban J connectivity index is 1.63. The van der Waals surface area contributed by atoms with Crippen LogP contribution in [0.3, 0.4) is 0 Å². The molecule has 4 rings (SSSR count). The van der Waals surface area contributed by atoms with Gasteiger partial charge in [0.1, 0.15) is 5.69 Å². The van der Waals surface area contributed by atoms with Crippen molar-refractivity contribution >= 4 is 29.6 Å². The zero-order valence-electron chi connectivity index (χ0n) is 13.6. The number of H-pyrrole nitrogens is 1. The lowest BCUT2D eigenvalue weighted by molar-refractivity contribution is -0.00569. The lowest BCUT2D eigenvalue weighted by atomic mass is 10.1. The molecule has 2 N–H and O–H groups in total. The third-order valence-corrected chi connectivity index (χ3v) is 4.14. The van der Waals surface area contributed by atoms with Crippen LogP contribution < -0.4 is 4.90 Å². The Morgan fingerprint density at radius 1 is 1.33 bits per heavy atom. The van der Waals surface area contributed by atoms with E-state index in [0.717, 1.165) is 24.2 Å². The Labute approximate surface area is 139 Å². The SMILES string of the molecule is CC1CN(c2nc(O)c(/C=C3\C=Nc4ncccc43)[nH]2)CC(C)O1. The van der Waals surface area contributed by atoms with Gasteiger partial charge in [0.25, 0.3) is 0 Å². The summed E-state index contributed by atoms with van der Waals surface area (Å²) in [7, 11) is 0. The molecule has 0 saturated carbocycles. The second-order valence-corrected chi connectivity index (χ2v) is 6.19. The molecule has 2 aliphatic heterocycles. The third-order valence-electron chi connectivity index (χ3n) is 4.14. The summed E-state index contributed by atoms with van der Waals surface area (Å²) in [6.45, 7) is 5.55. The van der Waals surface area contributed by atoms with Crippen molar-refractivity contribution in [3.8, 4) is 5.88 Å². The molecule has 0 spiro atoms. The van der Waals surface area contributed by atoms with Crippen LogP contribution in [0, 0.1) is 0 Å². The third kappa shape index (κ3) is 2.67. The van der Waals surface area contributed by atoms with Gasteiger partial charge in [-0.25, -0.2) is 9.98 Å². The van der Waals surface area contributed by atoms with Crippen LogP contribution in [0.15, 0.2) is 23.3 Å². The Bertz CT molecular complexity index is 816. The van der Waals surface area contributed by atoms with Gasteiger partial charge in [-0.05, 0) is 32.1 Å². The maximum absolute atomic E-state index is 10.2. The monoisotopic (exact) mass is 325 g/mol. The molecule has 1 saturated heterocycles. The van der Waals surface area contributed by atoms with Crippen molar-refractivity contribution in [2.45, 2.75) is 26.1 Å². The largest absolute Gasteiger partial charge is 0.492 e. The maximum Gasteiger partial charge on any atom is 0.238 e. The molecule has 2 aromatic rings. The van der Waals surface area contributed by atoms with Crippen LogP contribution in [0.1, 0.15) is 25.1 Å². The number of pyridine rings is 1. The number of aliphatic imine (C=N–C) groups is 1. The predicted molar refractivity (Wildman–Crippen MR) is 92.7 cm³/mol. The molecule has 2 atom stereocenters. The van der Waals surface area contributed by atoms with Crippen molar-refractivity contribution in [1.29, 1.82) is 0 Å². The van der Waals surface area contributed by atoms with Crippen molar-refractivity contribution in [2.24, 2.45) is 4.99 Å². The summed E-state index contributed by atoms with van der Waals surface area (Å²) in [5.41, 5.74) is 2.41. The van der Waals surface area contributed by atoms with E-state index in [1.807, 2.05) is 32.1 Å². The number of allylic oxidation sites excluding steroid dienone is 1. The first-order valence-corrected chi connectivity index (χ1v) is 8.00. The number of fused-ring (bicyclic) bond motifs is 1. The van der Waals surface area contributed by atoms with Crippen LogP contribution >= 0.6 is 0 Å². The highest BCUT2D eigenvalue weighted by Gasteiger charge is 2.25. The average Bonchev–Trinajstić information content (AvgIpc) is 3.12. The number of imidazole rings is 1. The highest BCUT2D eigenvalue weighted by molar-refractivity contribution is 6.20. The van der Waals surface area contributed by atoms with Crippen LogP contribution in [0.2, 0.25) is 0 Å². The molecule has 0 amide bonds. The fourth-order valence-corrected chi connectivity index (χ4v) is 3.16. The van der Waals surface area contributed by atoms with E-state index >= 15 is 0 Å². The summed E-state index contributed by atoms with van der Waals surface area (Å²) in [6.07, 6.45) is 5.56. The number of ether oxygens (including phenoxy) is 1. The quantitative estimate of drug-likeness (QED) is 0.885. The van der Waals surface area contributed by atoms with Gasteiger partial charge in [0, 0.05) is 36.6 Å². The summed E-state index contributed by atoms with van der Waals surface area (Å²) in [6, 6.07) is 3.83. The molecule has 4 heterocycles. The van der Waals surface area contributed by atoms with Gasteiger partial charge in [-0.1, -0.05) is 0 Å². The molecule has 7 nitrogen and oxygen atoms in total. The average molecular weight is 325 g/mol. The van der Waals surface area contributed by atoms with Crippen LogP contribution in [0.4, 0.5) is 11.8 Å². The number of nitrogens with one attached hydrogen (secondary N) is 1. The number of aromatic hydroxyl groups is 1. The van der Waals surface area contributed by atoms with Crippen LogP contribution in [-0.4, -0.2) is 51.6 Å². The van der Waals surface area contributed by atoms with Crippen molar-refractivity contribution < 1.29 is 9.84 Å². The van der Waals surface area contributed by atoms with Gasteiger partial charge in [-0.15, -0.1) is 0 Å². The predicted octanol–water partition coefficient (Wildman–Crippen LogP) is 2.38. The van der Waals surface area contributed by atoms with E-state index in [1.54, 1.807) is 12.4 Å². The molecule has 24 heavy (non-hydrogen) atoms. The molecule has 1 fully saturated rings. The van der Waals surface area contributed by atoms with Crippen molar-refractivity contribution in [2.75, 3.05) is 18.0 Å². The summed E-state index contributed by atoms with van der Waals surface area (Å²) in [4.78, 5) is 18.1. The smallest absolute Gasteiger partial charge is 0.238 e. The first-order valence-electron chi connectivity index (χ1n) is 8.00. The fraction of sp³-hybridized carbons (Fsp3) is 0.353. The number of aromatic nitrogens is 3. The molecule has 0 aromatic carbocycles. The van der Waals surface area contributed by atoms with Crippen molar-refractivity contribution in [3.05, 3.63) is 29.6 Å². The Hall–Kier alpha value is -2.67. The minimum Gasteiger partial charge on any atom is -0.492 e. The number of anilines is 1. The lowest BCUT2D eigenvalue weighted by Gasteiger charge is -2.35. The van der Waals surface area contributed by atoms with E-state index in [2.05, 4.69) is 24.8 Å². The fourth-order valence-electron chi connectivity index (χ4n) is 3.16. The standard InChI is InChI=1S/C17H19N5O2/c1-10-8-22(9-11(2)24-10)17-20-14(16(23)21-17)6-12-7-19-15-13(12)4-3-5-18-15/h3-7,10-11,23H,8-9H2,1-2H3,(H,20,21)/b12-6+. The first-order chi connectivity index (χ1) is 11.6. The van der Waals surface area contributed by atoms with Crippen LogP contribution in [0.25, 0.3) is 11.6 Å². The minimum absolute atomic E-state index is 0.0185. The lowest BCUT2D eigenvalue weighted by Crippen LogP contribution is -2.46.